The van der Waals surface area contributed by atoms with Gasteiger partial charge in [-0.15, -0.1) is 0 Å². The lowest BCUT2D eigenvalue weighted by atomic mass is 10.1. The van der Waals surface area contributed by atoms with Crippen molar-refractivity contribution in [1.29, 1.82) is 0 Å². The van der Waals surface area contributed by atoms with E-state index in [2.05, 4.69) is 0 Å². The maximum Gasteiger partial charge on any atom is 0.340 e. The number of halogens is 1. The molecule has 3 rings (SSSR count). The van der Waals surface area contributed by atoms with Crippen LogP contribution in [0.25, 0.3) is 0 Å². The molecule has 5 nitrogen and oxygen atoms in total. The zero-order valence-electron chi connectivity index (χ0n) is 10.9. The minimum absolute atomic E-state index is 0.112. The Labute approximate surface area is 115 Å². The van der Waals surface area contributed by atoms with Crippen LogP contribution in [0.4, 0.5) is 10.1 Å². The summed E-state index contributed by atoms with van der Waals surface area (Å²) in [5, 5.41) is 9.18. The first kappa shape index (κ1) is 12.9. The number of aromatic carboxylic acids is 1. The number of carboxylic acids is 1. The standard InChI is InChI=1S/C14H15FN2O3/c15-10-2-1-3-11(13(10)14(19)20)16-6-7-17-9(8-16)4-5-12(17)18/h1-3,9H,4-8H2,(H,19,20). The van der Waals surface area contributed by atoms with E-state index in [-0.39, 0.29) is 17.5 Å². The number of anilines is 1. The first-order valence-corrected chi connectivity index (χ1v) is 6.64. The summed E-state index contributed by atoms with van der Waals surface area (Å²) in [6.45, 7) is 1.67. The Morgan fingerprint density at radius 2 is 2.15 bits per heavy atom. The smallest absolute Gasteiger partial charge is 0.340 e. The summed E-state index contributed by atoms with van der Waals surface area (Å²) in [5.74, 6) is -1.82. The van der Waals surface area contributed by atoms with Crippen molar-refractivity contribution in [3.05, 3.63) is 29.6 Å². The number of carbonyl (C=O) groups excluding carboxylic acids is 1. The predicted molar refractivity (Wildman–Crippen MR) is 70.3 cm³/mol. The van der Waals surface area contributed by atoms with Crippen molar-refractivity contribution in [3.8, 4) is 0 Å². The van der Waals surface area contributed by atoms with Gasteiger partial charge in [0.05, 0.1) is 5.69 Å². The van der Waals surface area contributed by atoms with Crippen LogP contribution in [-0.2, 0) is 4.79 Å². The van der Waals surface area contributed by atoms with Gasteiger partial charge in [-0.1, -0.05) is 6.07 Å². The zero-order valence-corrected chi connectivity index (χ0v) is 10.9. The van der Waals surface area contributed by atoms with Crippen LogP contribution in [-0.4, -0.2) is 47.6 Å². The molecule has 6 heteroatoms. The van der Waals surface area contributed by atoms with Gasteiger partial charge in [0.2, 0.25) is 5.91 Å². The van der Waals surface area contributed by atoms with Gasteiger partial charge in [-0.25, -0.2) is 9.18 Å². The molecular weight excluding hydrogens is 263 g/mol. The van der Waals surface area contributed by atoms with E-state index in [0.717, 1.165) is 12.5 Å². The Morgan fingerprint density at radius 3 is 2.90 bits per heavy atom. The lowest BCUT2D eigenvalue weighted by Gasteiger charge is -2.39. The van der Waals surface area contributed by atoms with Crippen LogP contribution in [0, 0.1) is 5.82 Å². The molecule has 1 amide bonds. The molecule has 0 aromatic heterocycles. The molecule has 2 saturated heterocycles. The molecule has 2 aliphatic heterocycles. The first-order chi connectivity index (χ1) is 9.58. The summed E-state index contributed by atoms with van der Waals surface area (Å²) in [4.78, 5) is 26.6. The topological polar surface area (TPSA) is 60.9 Å². The van der Waals surface area contributed by atoms with Crippen LogP contribution in [0.3, 0.4) is 0 Å². The van der Waals surface area contributed by atoms with Gasteiger partial charge in [0.1, 0.15) is 11.4 Å². The van der Waals surface area contributed by atoms with Crippen LogP contribution in [0.1, 0.15) is 23.2 Å². The van der Waals surface area contributed by atoms with E-state index in [1.54, 1.807) is 6.07 Å². The molecule has 1 atom stereocenters. The Morgan fingerprint density at radius 1 is 1.35 bits per heavy atom. The molecule has 1 unspecified atom stereocenters. The highest BCUT2D eigenvalue weighted by molar-refractivity contribution is 5.95. The quantitative estimate of drug-likeness (QED) is 0.886. The van der Waals surface area contributed by atoms with E-state index in [1.165, 1.54) is 6.07 Å². The number of hydrogen-bond acceptors (Lipinski definition) is 3. The highest BCUT2D eigenvalue weighted by Gasteiger charge is 2.36. The van der Waals surface area contributed by atoms with Gasteiger partial charge < -0.3 is 14.9 Å². The second-order valence-corrected chi connectivity index (χ2v) is 5.16. The second kappa shape index (κ2) is 4.77. The van der Waals surface area contributed by atoms with Crippen LogP contribution in [0.2, 0.25) is 0 Å². The van der Waals surface area contributed by atoms with Crippen molar-refractivity contribution in [2.45, 2.75) is 18.9 Å². The molecule has 0 saturated carbocycles. The van der Waals surface area contributed by atoms with Crippen molar-refractivity contribution in [2.75, 3.05) is 24.5 Å². The first-order valence-electron chi connectivity index (χ1n) is 6.64. The Balaban J connectivity index is 1.89. The minimum atomic E-state index is -1.26. The van der Waals surface area contributed by atoms with Gasteiger partial charge in [0.25, 0.3) is 0 Å². The fourth-order valence-electron chi connectivity index (χ4n) is 3.07. The Kier molecular flexibility index (Phi) is 3.08. The molecule has 2 aliphatic rings. The highest BCUT2D eigenvalue weighted by atomic mass is 19.1. The minimum Gasteiger partial charge on any atom is -0.478 e. The lowest BCUT2D eigenvalue weighted by molar-refractivity contribution is -0.129. The molecule has 1 aromatic carbocycles. The van der Waals surface area contributed by atoms with E-state index in [9.17, 15) is 19.1 Å². The van der Waals surface area contributed by atoms with Gasteiger partial charge in [-0.05, 0) is 18.6 Å². The van der Waals surface area contributed by atoms with Crippen molar-refractivity contribution >= 4 is 17.6 Å². The largest absolute Gasteiger partial charge is 0.478 e. The van der Waals surface area contributed by atoms with Crippen LogP contribution in [0.5, 0.6) is 0 Å². The lowest BCUT2D eigenvalue weighted by Crippen LogP contribution is -2.51. The monoisotopic (exact) mass is 278 g/mol. The van der Waals surface area contributed by atoms with Crippen molar-refractivity contribution < 1.29 is 19.1 Å². The maximum absolute atomic E-state index is 13.7. The third-order valence-corrected chi connectivity index (χ3v) is 4.04. The Hall–Kier alpha value is -2.11. The molecule has 0 aliphatic carbocycles. The number of carboxylic acid groups (broad SMARTS) is 1. The molecule has 106 valence electrons. The summed E-state index contributed by atoms with van der Waals surface area (Å²) in [6.07, 6.45) is 1.33. The summed E-state index contributed by atoms with van der Waals surface area (Å²) in [6, 6.07) is 4.41. The van der Waals surface area contributed by atoms with E-state index in [1.807, 2.05) is 9.80 Å². The van der Waals surface area contributed by atoms with Gasteiger partial charge in [0, 0.05) is 32.1 Å². The summed E-state index contributed by atoms with van der Waals surface area (Å²) >= 11 is 0. The molecule has 2 fully saturated rings. The van der Waals surface area contributed by atoms with Gasteiger partial charge in [-0.3, -0.25) is 4.79 Å². The van der Waals surface area contributed by atoms with Gasteiger partial charge in [0.15, 0.2) is 0 Å². The fourth-order valence-corrected chi connectivity index (χ4v) is 3.07. The van der Waals surface area contributed by atoms with E-state index >= 15 is 0 Å². The summed E-state index contributed by atoms with van der Waals surface area (Å²) in [7, 11) is 0. The number of nitrogens with zero attached hydrogens (tertiary/aromatic N) is 2. The number of hydrogen-bond donors (Lipinski definition) is 1. The molecule has 0 spiro atoms. The normalized spacial score (nSPS) is 22.1. The summed E-state index contributed by atoms with van der Waals surface area (Å²) < 4.78 is 13.7. The third kappa shape index (κ3) is 2.01. The van der Waals surface area contributed by atoms with Crippen LogP contribution < -0.4 is 4.90 Å². The third-order valence-electron chi connectivity index (χ3n) is 4.04. The number of amides is 1. The van der Waals surface area contributed by atoms with E-state index < -0.39 is 11.8 Å². The van der Waals surface area contributed by atoms with Crippen molar-refractivity contribution in [1.82, 2.24) is 4.90 Å². The molecule has 1 N–H and O–H groups in total. The number of rotatable bonds is 2. The number of piperazine rings is 1. The van der Waals surface area contributed by atoms with Crippen molar-refractivity contribution in [3.63, 3.8) is 0 Å². The number of benzene rings is 1. The molecular formula is C14H15FN2O3. The molecule has 2 heterocycles. The molecule has 20 heavy (non-hydrogen) atoms. The highest BCUT2D eigenvalue weighted by Crippen LogP contribution is 2.29. The maximum atomic E-state index is 13.7. The fraction of sp³-hybridized carbons (Fsp3) is 0.429. The van der Waals surface area contributed by atoms with Gasteiger partial charge in [-0.2, -0.15) is 0 Å². The van der Waals surface area contributed by atoms with E-state index in [0.29, 0.717) is 31.7 Å². The molecule has 0 bridgehead atoms. The average Bonchev–Trinajstić information content (AvgIpc) is 2.79. The second-order valence-electron chi connectivity index (χ2n) is 5.16. The molecule has 0 radical (unpaired) electrons. The average molecular weight is 278 g/mol. The number of fused-ring (bicyclic) bond motifs is 1. The van der Waals surface area contributed by atoms with Crippen LogP contribution >= 0.6 is 0 Å². The number of carbonyl (C=O) groups is 2. The van der Waals surface area contributed by atoms with Gasteiger partial charge >= 0.3 is 5.97 Å². The molecule has 1 aromatic rings. The summed E-state index contributed by atoms with van der Waals surface area (Å²) in [5.41, 5.74) is 0.113. The zero-order chi connectivity index (χ0) is 14.3. The Bertz CT molecular complexity index is 576. The SMILES string of the molecule is O=C(O)c1c(F)cccc1N1CCN2C(=O)CCC2C1. The van der Waals surface area contributed by atoms with E-state index in [4.69, 9.17) is 0 Å². The van der Waals surface area contributed by atoms with Crippen molar-refractivity contribution in [2.24, 2.45) is 0 Å². The van der Waals surface area contributed by atoms with Crippen LogP contribution in [0.15, 0.2) is 18.2 Å². The predicted octanol–water partition coefficient (Wildman–Crippen LogP) is 1.33.